The Morgan fingerprint density at radius 1 is 1.18 bits per heavy atom. The summed E-state index contributed by atoms with van der Waals surface area (Å²) in [5.74, 6) is 0.139. The Bertz CT molecular complexity index is 743. The first-order valence-corrected chi connectivity index (χ1v) is 6.94. The molecule has 112 valence electrons. The van der Waals surface area contributed by atoms with Crippen LogP contribution in [-0.2, 0) is 0 Å². The highest BCUT2D eigenvalue weighted by Crippen LogP contribution is 2.25. The van der Waals surface area contributed by atoms with Gasteiger partial charge in [0.2, 0.25) is 0 Å². The minimum atomic E-state index is -0.545. The number of rotatable bonds is 4. The van der Waals surface area contributed by atoms with E-state index in [1.807, 2.05) is 0 Å². The summed E-state index contributed by atoms with van der Waals surface area (Å²) in [6.07, 6.45) is 3.09. The number of halogens is 2. The van der Waals surface area contributed by atoms with Crippen LogP contribution < -0.4 is 5.32 Å². The largest absolute Gasteiger partial charge is 0.341 e. The number of nitro groups is 1. The molecule has 0 aliphatic rings. The van der Waals surface area contributed by atoms with Gasteiger partial charge in [-0.2, -0.15) is 0 Å². The van der Waals surface area contributed by atoms with Gasteiger partial charge in [-0.1, -0.05) is 35.3 Å². The molecule has 0 saturated heterocycles. The first kappa shape index (κ1) is 16.0. The van der Waals surface area contributed by atoms with Crippen molar-refractivity contribution in [2.24, 2.45) is 0 Å². The normalized spacial score (nSPS) is 10.6. The third kappa shape index (κ3) is 4.31. The summed E-state index contributed by atoms with van der Waals surface area (Å²) in [5, 5.41) is 22.2. The molecule has 0 bridgehead atoms. The van der Waals surface area contributed by atoms with E-state index in [9.17, 15) is 10.1 Å². The Hall–Kier alpha value is -2.37. The van der Waals surface area contributed by atoms with Crippen molar-refractivity contribution in [3.8, 4) is 0 Å². The monoisotopic (exact) mass is 335 g/mol. The molecule has 2 aromatic rings. The van der Waals surface area contributed by atoms with Crippen LogP contribution in [-0.4, -0.2) is 10.8 Å². The summed E-state index contributed by atoms with van der Waals surface area (Å²) in [5.41, 5.74) is 1.14. The van der Waals surface area contributed by atoms with Gasteiger partial charge in [-0.15, -0.1) is 0 Å². The fourth-order valence-corrected chi connectivity index (χ4v) is 2.00. The molecule has 0 aliphatic carbocycles. The van der Waals surface area contributed by atoms with E-state index in [1.54, 1.807) is 36.4 Å². The van der Waals surface area contributed by atoms with Crippen LogP contribution in [0.15, 0.2) is 48.5 Å². The molecule has 5 nitrogen and oxygen atoms in total. The molecular weight excluding hydrogens is 325 g/mol. The molecule has 0 fully saturated rings. The van der Waals surface area contributed by atoms with Crippen LogP contribution in [0.2, 0.25) is 10.0 Å². The second kappa shape index (κ2) is 7.06. The smallest absolute Gasteiger partial charge is 0.288 e. The lowest BCUT2D eigenvalue weighted by Crippen LogP contribution is -2.06. The zero-order chi connectivity index (χ0) is 16.1. The summed E-state index contributed by atoms with van der Waals surface area (Å²) in [7, 11) is 0. The average molecular weight is 336 g/mol. The van der Waals surface area contributed by atoms with Crippen molar-refractivity contribution in [2.75, 3.05) is 5.32 Å². The first-order valence-electron chi connectivity index (χ1n) is 6.19. The molecule has 0 aliphatic heterocycles. The van der Waals surface area contributed by atoms with Gasteiger partial charge in [0, 0.05) is 16.8 Å². The average Bonchev–Trinajstić information content (AvgIpc) is 2.48. The molecule has 2 rings (SSSR count). The third-order valence-electron chi connectivity index (χ3n) is 2.73. The highest BCUT2D eigenvalue weighted by Gasteiger charge is 2.11. The molecule has 0 radical (unpaired) electrons. The van der Waals surface area contributed by atoms with Gasteiger partial charge in [0.05, 0.1) is 4.92 Å². The summed E-state index contributed by atoms with van der Waals surface area (Å²) in [6, 6.07) is 11.4. The number of hydrogen-bond acceptors (Lipinski definition) is 3. The molecule has 0 spiro atoms. The van der Waals surface area contributed by atoms with E-state index >= 15 is 0 Å². The summed E-state index contributed by atoms with van der Waals surface area (Å²) >= 11 is 11.5. The fraction of sp³-hybridized carbons (Fsp3) is 0. The van der Waals surface area contributed by atoms with Crippen LogP contribution >= 0.6 is 23.2 Å². The van der Waals surface area contributed by atoms with Crippen molar-refractivity contribution in [3.05, 3.63) is 74.3 Å². The van der Waals surface area contributed by atoms with E-state index in [-0.39, 0.29) is 16.5 Å². The maximum absolute atomic E-state index is 10.8. The van der Waals surface area contributed by atoms with Gasteiger partial charge in [-0.05, 0) is 42.0 Å². The molecule has 0 saturated carbocycles. The topological polar surface area (TPSA) is 79.0 Å². The molecule has 22 heavy (non-hydrogen) atoms. The van der Waals surface area contributed by atoms with E-state index in [0.717, 1.165) is 5.69 Å². The van der Waals surface area contributed by atoms with E-state index in [4.69, 9.17) is 28.6 Å². The molecule has 0 unspecified atom stereocenters. The lowest BCUT2D eigenvalue weighted by Gasteiger charge is -2.04. The van der Waals surface area contributed by atoms with Crippen molar-refractivity contribution in [1.29, 1.82) is 5.41 Å². The van der Waals surface area contributed by atoms with E-state index in [1.165, 1.54) is 18.2 Å². The molecule has 0 heterocycles. The predicted molar refractivity (Wildman–Crippen MR) is 89.9 cm³/mol. The van der Waals surface area contributed by atoms with E-state index in [2.05, 4.69) is 5.32 Å². The SMILES string of the molecule is N=C(/C=C/c1ccc(Cl)c([N+](=O)[O-])c1)Nc1ccc(Cl)cc1. The Morgan fingerprint density at radius 3 is 2.50 bits per heavy atom. The van der Waals surface area contributed by atoms with Crippen LogP contribution in [0.25, 0.3) is 6.08 Å². The molecule has 0 atom stereocenters. The van der Waals surface area contributed by atoms with E-state index in [0.29, 0.717) is 10.6 Å². The second-order valence-corrected chi connectivity index (χ2v) is 5.19. The number of anilines is 1. The van der Waals surface area contributed by atoms with Gasteiger partial charge < -0.3 is 5.32 Å². The highest BCUT2D eigenvalue weighted by molar-refractivity contribution is 6.32. The lowest BCUT2D eigenvalue weighted by molar-refractivity contribution is -0.384. The Labute approximate surface area is 136 Å². The Balaban J connectivity index is 2.08. The standard InChI is InChI=1S/C15H11Cl2N3O2/c16-11-3-5-12(6-4-11)19-15(18)8-2-10-1-7-13(17)14(9-10)20(21)22/h1-9H,(H2,18,19)/b8-2+. The number of nitro benzene ring substituents is 1. The van der Waals surface area contributed by atoms with Crippen LogP contribution in [0.4, 0.5) is 11.4 Å². The molecule has 7 heteroatoms. The Morgan fingerprint density at radius 2 is 1.86 bits per heavy atom. The number of nitrogens with one attached hydrogen (secondary N) is 2. The van der Waals surface area contributed by atoms with Crippen molar-refractivity contribution < 1.29 is 4.92 Å². The van der Waals surface area contributed by atoms with Crippen molar-refractivity contribution in [2.45, 2.75) is 0 Å². The minimum Gasteiger partial charge on any atom is -0.341 e. The fourth-order valence-electron chi connectivity index (χ4n) is 1.68. The Kier molecular flexibility index (Phi) is 5.14. The third-order valence-corrected chi connectivity index (χ3v) is 3.30. The number of amidine groups is 1. The lowest BCUT2D eigenvalue weighted by atomic mass is 10.2. The molecule has 0 amide bonds. The zero-order valence-corrected chi connectivity index (χ0v) is 12.7. The van der Waals surface area contributed by atoms with Gasteiger partial charge in [-0.3, -0.25) is 15.5 Å². The highest BCUT2D eigenvalue weighted by atomic mass is 35.5. The van der Waals surface area contributed by atoms with Crippen molar-refractivity contribution in [3.63, 3.8) is 0 Å². The zero-order valence-electron chi connectivity index (χ0n) is 11.2. The van der Waals surface area contributed by atoms with E-state index < -0.39 is 4.92 Å². The van der Waals surface area contributed by atoms with Crippen LogP contribution in [0.5, 0.6) is 0 Å². The van der Waals surface area contributed by atoms with Crippen LogP contribution in [0.1, 0.15) is 5.56 Å². The molecular formula is C15H11Cl2N3O2. The van der Waals surface area contributed by atoms with Crippen LogP contribution in [0.3, 0.4) is 0 Å². The number of benzene rings is 2. The molecule has 2 aromatic carbocycles. The van der Waals surface area contributed by atoms with Gasteiger partial charge >= 0.3 is 0 Å². The summed E-state index contributed by atoms with van der Waals surface area (Å²) < 4.78 is 0. The minimum absolute atomic E-state index is 0.0801. The quantitative estimate of drug-likeness (QED) is 0.357. The second-order valence-electron chi connectivity index (χ2n) is 4.35. The first-order chi connectivity index (χ1) is 10.5. The predicted octanol–water partition coefficient (Wildman–Crippen LogP) is 5.00. The number of hydrogen-bond donors (Lipinski definition) is 2. The van der Waals surface area contributed by atoms with Crippen LogP contribution in [0, 0.1) is 15.5 Å². The van der Waals surface area contributed by atoms with Crippen molar-refractivity contribution >= 4 is 46.5 Å². The van der Waals surface area contributed by atoms with Crippen molar-refractivity contribution in [1.82, 2.24) is 0 Å². The summed E-state index contributed by atoms with van der Waals surface area (Å²) in [6.45, 7) is 0. The van der Waals surface area contributed by atoms with Gasteiger partial charge in [0.15, 0.2) is 0 Å². The molecule has 0 aromatic heterocycles. The van der Waals surface area contributed by atoms with Gasteiger partial charge in [-0.25, -0.2) is 0 Å². The van der Waals surface area contributed by atoms with Gasteiger partial charge in [0.25, 0.3) is 5.69 Å². The van der Waals surface area contributed by atoms with Gasteiger partial charge in [0.1, 0.15) is 10.9 Å². The number of nitrogens with zero attached hydrogens (tertiary/aromatic N) is 1. The molecule has 2 N–H and O–H groups in total. The summed E-state index contributed by atoms with van der Waals surface area (Å²) in [4.78, 5) is 10.3. The maximum Gasteiger partial charge on any atom is 0.288 e. The maximum atomic E-state index is 10.8.